The van der Waals surface area contributed by atoms with Crippen LogP contribution >= 0.6 is 0 Å². The zero-order chi connectivity index (χ0) is 11.3. The number of hydrogen-bond donors (Lipinski definition) is 3. The normalized spacial score (nSPS) is 24.5. The van der Waals surface area contributed by atoms with Crippen LogP contribution in [0, 0.1) is 0 Å². The molecule has 0 saturated heterocycles. The van der Waals surface area contributed by atoms with Crippen LogP contribution in [0.3, 0.4) is 0 Å². The summed E-state index contributed by atoms with van der Waals surface area (Å²) in [5.74, 6) is -0.906. The Morgan fingerprint density at radius 3 is 2.87 bits per heavy atom. The molecule has 0 bridgehead atoms. The lowest BCUT2D eigenvalue weighted by molar-refractivity contribution is -0.143. The highest BCUT2D eigenvalue weighted by Gasteiger charge is 2.40. The minimum atomic E-state index is -1.09. The average Bonchev–Trinajstić information content (AvgIpc) is 2.21. The van der Waals surface area contributed by atoms with Gasteiger partial charge in [-0.3, -0.25) is 0 Å². The number of carboxylic acid groups (broad SMARTS) is 1. The quantitative estimate of drug-likeness (QED) is 0.599. The molecule has 0 aromatic carbocycles. The maximum atomic E-state index is 11.3. The monoisotopic (exact) mass is 210 g/mol. The molecule has 4 heteroatoms. The Bertz CT molecular complexity index is 297. The van der Waals surface area contributed by atoms with Crippen LogP contribution < -0.4 is 11.1 Å². The predicted molar refractivity (Wildman–Crippen MR) is 59.1 cm³/mol. The summed E-state index contributed by atoms with van der Waals surface area (Å²) in [6.45, 7) is 2.08. The number of nitrogens with one attached hydrogen (secondary N) is 1. The third kappa shape index (κ3) is 2.32. The molecule has 0 spiro atoms. The van der Waals surface area contributed by atoms with Crippen LogP contribution in [0.15, 0.2) is 24.0 Å². The molecule has 1 unspecified atom stereocenters. The highest BCUT2D eigenvalue weighted by molar-refractivity contribution is 5.83. The molecule has 0 aromatic rings. The second kappa shape index (κ2) is 4.87. The smallest absolute Gasteiger partial charge is 0.335 e. The van der Waals surface area contributed by atoms with E-state index < -0.39 is 11.5 Å². The van der Waals surface area contributed by atoms with E-state index in [2.05, 4.69) is 12.2 Å². The van der Waals surface area contributed by atoms with E-state index >= 15 is 0 Å². The highest BCUT2D eigenvalue weighted by Crippen LogP contribution is 2.23. The summed E-state index contributed by atoms with van der Waals surface area (Å²) in [6.07, 6.45) is 8.48. The fourth-order valence-corrected chi connectivity index (χ4v) is 1.72. The van der Waals surface area contributed by atoms with Crippen molar-refractivity contribution in [1.82, 2.24) is 5.32 Å². The van der Waals surface area contributed by atoms with E-state index in [-0.39, 0.29) is 0 Å². The van der Waals surface area contributed by atoms with Gasteiger partial charge < -0.3 is 16.2 Å². The molecule has 0 saturated carbocycles. The Hall–Kier alpha value is -1.45. The first-order valence-electron chi connectivity index (χ1n) is 5.27. The molecule has 1 rings (SSSR count). The summed E-state index contributed by atoms with van der Waals surface area (Å²) in [4.78, 5) is 11.3. The number of carboxylic acids is 1. The Kier molecular flexibility index (Phi) is 3.77. The van der Waals surface area contributed by atoms with Crippen molar-refractivity contribution in [2.45, 2.75) is 38.1 Å². The SMILES string of the molecule is CCCCCC1(C(=O)O)NC=CC=C1N. The van der Waals surface area contributed by atoms with Gasteiger partial charge in [-0.1, -0.05) is 26.2 Å². The van der Waals surface area contributed by atoms with E-state index in [0.29, 0.717) is 12.1 Å². The number of nitrogens with two attached hydrogens (primary N) is 1. The number of dihydropyridines is 1. The van der Waals surface area contributed by atoms with Crippen molar-refractivity contribution in [2.75, 3.05) is 0 Å². The van der Waals surface area contributed by atoms with Crippen LogP contribution in [0.4, 0.5) is 0 Å². The van der Waals surface area contributed by atoms with Crippen molar-refractivity contribution in [3.05, 3.63) is 24.0 Å². The number of unbranched alkanes of at least 4 members (excludes halogenated alkanes) is 2. The maximum Gasteiger partial charge on any atom is 0.335 e. The molecular weight excluding hydrogens is 192 g/mol. The lowest BCUT2D eigenvalue weighted by atomic mass is 9.87. The third-order valence-corrected chi connectivity index (χ3v) is 2.71. The number of hydrogen-bond acceptors (Lipinski definition) is 3. The standard InChI is InChI=1S/C11H18N2O2/c1-2-3-4-7-11(10(14)15)9(12)6-5-8-13-11/h5-6,8,13H,2-4,7,12H2,1H3,(H,14,15). The average molecular weight is 210 g/mol. The molecule has 0 aromatic heterocycles. The van der Waals surface area contributed by atoms with Gasteiger partial charge >= 0.3 is 5.97 Å². The molecule has 0 amide bonds. The molecular formula is C11H18N2O2. The van der Waals surface area contributed by atoms with Crippen LogP contribution in [0.25, 0.3) is 0 Å². The zero-order valence-corrected chi connectivity index (χ0v) is 8.99. The van der Waals surface area contributed by atoms with Crippen LogP contribution in [-0.4, -0.2) is 16.6 Å². The molecule has 4 nitrogen and oxygen atoms in total. The molecule has 84 valence electrons. The van der Waals surface area contributed by atoms with Crippen molar-refractivity contribution in [1.29, 1.82) is 0 Å². The summed E-state index contributed by atoms with van der Waals surface area (Å²) in [5, 5.41) is 12.1. The van der Waals surface area contributed by atoms with Crippen molar-refractivity contribution in [3.8, 4) is 0 Å². The van der Waals surface area contributed by atoms with Gasteiger partial charge in [0.1, 0.15) is 0 Å². The number of allylic oxidation sites excluding steroid dienone is 2. The molecule has 1 heterocycles. The van der Waals surface area contributed by atoms with Crippen LogP contribution in [0.5, 0.6) is 0 Å². The summed E-state index contributed by atoms with van der Waals surface area (Å²) < 4.78 is 0. The first-order chi connectivity index (χ1) is 7.13. The molecule has 1 atom stereocenters. The Labute approximate surface area is 89.8 Å². The largest absolute Gasteiger partial charge is 0.479 e. The van der Waals surface area contributed by atoms with Crippen molar-refractivity contribution < 1.29 is 9.90 Å². The number of aliphatic carboxylic acids is 1. The minimum Gasteiger partial charge on any atom is -0.479 e. The molecule has 15 heavy (non-hydrogen) atoms. The fourth-order valence-electron chi connectivity index (χ4n) is 1.72. The van der Waals surface area contributed by atoms with Crippen molar-refractivity contribution >= 4 is 5.97 Å². The molecule has 0 aliphatic carbocycles. The third-order valence-electron chi connectivity index (χ3n) is 2.71. The minimum absolute atomic E-state index is 0.383. The molecule has 1 aliphatic heterocycles. The Balaban J connectivity index is 2.76. The summed E-state index contributed by atoms with van der Waals surface area (Å²) >= 11 is 0. The van der Waals surface area contributed by atoms with Crippen molar-refractivity contribution in [3.63, 3.8) is 0 Å². The second-order valence-corrected chi connectivity index (χ2v) is 3.79. The van der Waals surface area contributed by atoms with E-state index in [1.807, 2.05) is 0 Å². The molecule has 4 N–H and O–H groups in total. The second-order valence-electron chi connectivity index (χ2n) is 3.79. The van der Waals surface area contributed by atoms with E-state index in [1.165, 1.54) is 0 Å². The maximum absolute atomic E-state index is 11.3. The van der Waals surface area contributed by atoms with Gasteiger partial charge in [-0.15, -0.1) is 0 Å². The Morgan fingerprint density at radius 2 is 2.33 bits per heavy atom. The zero-order valence-electron chi connectivity index (χ0n) is 8.99. The van der Waals surface area contributed by atoms with Gasteiger partial charge in [0.05, 0.1) is 0 Å². The van der Waals surface area contributed by atoms with Crippen molar-refractivity contribution in [2.24, 2.45) is 5.73 Å². The summed E-state index contributed by atoms with van der Waals surface area (Å²) in [7, 11) is 0. The van der Waals surface area contributed by atoms with E-state index in [1.54, 1.807) is 18.4 Å². The van der Waals surface area contributed by atoms with E-state index in [9.17, 15) is 9.90 Å². The first kappa shape index (κ1) is 11.6. The van der Waals surface area contributed by atoms with Gasteiger partial charge in [-0.05, 0) is 24.8 Å². The van der Waals surface area contributed by atoms with Crippen LogP contribution in [0.2, 0.25) is 0 Å². The Morgan fingerprint density at radius 1 is 1.60 bits per heavy atom. The van der Waals surface area contributed by atoms with Gasteiger partial charge in [0.2, 0.25) is 0 Å². The van der Waals surface area contributed by atoms with E-state index in [4.69, 9.17) is 5.73 Å². The fraction of sp³-hybridized carbons (Fsp3) is 0.545. The number of rotatable bonds is 5. The lowest BCUT2D eigenvalue weighted by Crippen LogP contribution is -2.54. The van der Waals surface area contributed by atoms with Gasteiger partial charge in [0, 0.05) is 5.70 Å². The van der Waals surface area contributed by atoms with Crippen LogP contribution in [0.1, 0.15) is 32.6 Å². The van der Waals surface area contributed by atoms with Crippen LogP contribution in [-0.2, 0) is 4.79 Å². The lowest BCUT2D eigenvalue weighted by Gasteiger charge is -2.32. The van der Waals surface area contributed by atoms with Gasteiger partial charge in [-0.25, -0.2) is 4.79 Å². The van der Waals surface area contributed by atoms with Gasteiger partial charge in [0.15, 0.2) is 5.54 Å². The van der Waals surface area contributed by atoms with Gasteiger partial charge in [-0.2, -0.15) is 0 Å². The topological polar surface area (TPSA) is 75.3 Å². The molecule has 0 fully saturated rings. The van der Waals surface area contributed by atoms with E-state index in [0.717, 1.165) is 19.3 Å². The molecule has 1 aliphatic rings. The highest BCUT2D eigenvalue weighted by atomic mass is 16.4. The predicted octanol–water partition coefficient (Wildman–Crippen LogP) is 1.35. The molecule has 0 radical (unpaired) electrons. The number of carbonyl (C=O) groups is 1. The summed E-state index contributed by atoms with van der Waals surface area (Å²) in [6, 6.07) is 0. The van der Waals surface area contributed by atoms with Gasteiger partial charge in [0.25, 0.3) is 0 Å². The summed E-state index contributed by atoms with van der Waals surface area (Å²) in [5.41, 5.74) is 5.05. The first-order valence-corrected chi connectivity index (χ1v) is 5.27.